The Kier molecular flexibility index (Phi) is 5.63. The Morgan fingerprint density at radius 2 is 1.88 bits per heavy atom. The summed E-state index contributed by atoms with van der Waals surface area (Å²) in [6.07, 6.45) is 4.78. The largest absolute Gasteiger partial charge is 0.355 e. The van der Waals surface area contributed by atoms with Crippen molar-refractivity contribution in [3.63, 3.8) is 0 Å². The number of aromatic nitrogens is 3. The molecule has 0 saturated carbocycles. The van der Waals surface area contributed by atoms with Crippen molar-refractivity contribution in [2.75, 3.05) is 31.1 Å². The lowest BCUT2D eigenvalue weighted by Gasteiger charge is -2.38. The van der Waals surface area contributed by atoms with Gasteiger partial charge in [-0.3, -0.25) is 14.3 Å². The molecule has 3 aromatic rings. The number of pyridine rings is 1. The number of fused-ring (bicyclic) bond motifs is 1. The number of hydrogen-bond donors (Lipinski definition) is 0. The molecule has 0 amide bonds. The van der Waals surface area contributed by atoms with Gasteiger partial charge in [0.1, 0.15) is 17.5 Å². The summed E-state index contributed by atoms with van der Waals surface area (Å²) in [7, 11) is 1.67. The van der Waals surface area contributed by atoms with E-state index in [2.05, 4.69) is 14.8 Å². The van der Waals surface area contributed by atoms with Crippen LogP contribution >= 0.6 is 11.6 Å². The molecule has 168 valence electrons. The SMILES string of the molecule is Cc1nc2cc(N3CCC[C@H](N4CCCC4)C3)nc(-c3ccc(Cl)cc3F)c2c(=O)n1C. The monoisotopic (exact) mass is 455 g/mol. The third kappa shape index (κ3) is 3.77. The average Bonchev–Trinajstić information content (AvgIpc) is 3.32. The van der Waals surface area contributed by atoms with Crippen molar-refractivity contribution < 1.29 is 4.39 Å². The molecular weight excluding hydrogens is 429 g/mol. The lowest BCUT2D eigenvalue weighted by atomic mass is 10.0. The van der Waals surface area contributed by atoms with E-state index in [1.54, 1.807) is 26.1 Å². The van der Waals surface area contributed by atoms with E-state index in [0.29, 0.717) is 33.5 Å². The van der Waals surface area contributed by atoms with Crippen LogP contribution in [0, 0.1) is 12.7 Å². The van der Waals surface area contributed by atoms with Crippen LogP contribution in [0.1, 0.15) is 31.5 Å². The highest BCUT2D eigenvalue weighted by Gasteiger charge is 2.29. The Morgan fingerprint density at radius 3 is 2.62 bits per heavy atom. The summed E-state index contributed by atoms with van der Waals surface area (Å²) in [5, 5.41) is 0.634. The quantitative estimate of drug-likeness (QED) is 0.593. The van der Waals surface area contributed by atoms with Gasteiger partial charge >= 0.3 is 0 Å². The zero-order valence-corrected chi connectivity index (χ0v) is 19.2. The van der Waals surface area contributed by atoms with Crippen LogP contribution in [0.2, 0.25) is 5.02 Å². The van der Waals surface area contributed by atoms with Crippen molar-refractivity contribution in [2.45, 2.75) is 38.6 Å². The fraction of sp³-hybridized carbons (Fsp3) is 0.458. The van der Waals surface area contributed by atoms with Gasteiger partial charge < -0.3 is 4.90 Å². The van der Waals surface area contributed by atoms with Gasteiger partial charge in [-0.05, 0) is 63.9 Å². The van der Waals surface area contributed by atoms with Crippen LogP contribution in [-0.2, 0) is 7.05 Å². The topological polar surface area (TPSA) is 54.3 Å². The Bertz CT molecular complexity index is 1240. The molecule has 6 nitrogen and oxygen atoms in total. The molecule has 0 aliphatic carbocycles. The highest BCUT2D eigenvalue weighted by molar-refractivity contribution is 6.30. The Labute approximate surface area is 191 Å². The lowest BCUT2D eigenvalue weighted by Crippen LogP contribution is -2.47. The highest BCUT2D eigenvalue weighted by atomic mass is 35.5. The molecule has 0 N–H and O–H groups in total. The Balaban J connectivity index is 1.66. The minimum absolute atomic E-state index is 0.232. The molecule has 0 radical (unpaired) electrons. The zero-order valence-electron chi connectivity index (χ0n) is 18.4. The van der Waals surface area contributed by atoms with E-state index in [9.17, 15) is 9.18 Å². The molecule has 0 bridgehead atoms. The van der Waals surface area contributed by atoms with Crippen LogP contribution in [0.15, 0.2) is 29.1 Å². The maximum absolute atomic E-state index is 14.9. The number of hydrogen-bond acceptors (Lipinski definition) is 5. The molecule has 8 heteroatoms. The van der Waals surface area contributed by atoms with E-state index < -0.39 is 5.82 Å². The van der Waals surface area contributed by atoms with Gasteiger partial charge in [0.2, 0.25) is 0 Å². The standard InChI is InChI=1S/C24H27ClFN5O/c1-15-27-20-13-21(31-11-5-6-17(14-31)30-9-3-4-10-30)28-23(22(20)24(32)29(15)2)18-8-7-16(25)12-19(18)26/h7-8,12-13,17H,3-6,9-11,14H2,1-2H3/t17-/m0/s1. The van der Waals surface area contributed by atoms with Crippen LogP contribution in [0.4, 0.5) is 10.2 Å². The number of benzene rings is 1. The molecule has 4 heterocycles. The van der Waals surface area contributed by atoms with Crippen LogP contribution in [0.5, 0.6) is 0 Å². The molecule has 2 aliphatic heterocycles. The smallest absolute Gasteiger partial charge is 0.263 e. The Hall–Kier alpha value is -2.51. The normalized spacial score (nSPS) is 19.8. The first kappa shape index (κ1) is 21.3. The second kappa shape index (κ2) is 8.45. The summed E-state index contributed by atoms with van der Waals surface area (Å²) < 4.78 is 16.4. The van der Waals surface area contributed by atoms with Gasteiger partial charge in [-0.1, -0.05) is 11.6 Å². The van der Waals surface area contributed by atoms with Crippen molar-refractivity contribution in [1.29, 1.82) is 0 Å². The van der Waals surface area contributed by atoms with E-state index in [1.165, 1.54) is 29.9 Å². The van der Waals surface area contributed by atoms with Crippen molar-refractivity contribution in [2.24, 2.45) is 7.05 Å². The summed E-state index contributed by atoms with van der Waals surface area (Å²) >= 11 is 5.98. The first-order valence-electron chi connectivity index (χ1n) is 11.2. The molecular formula is C24H27ClFN5O. The molecule has 2 fully saturated rings. The number of rotatable bonds is 3. The van der Waals surface area contributed by atoms with Crippen LogP contribution in [0.3, 0.4) is 0 Å². The number of halogens is 2. The molecule has 1 aromatic carbocycles. The fourth-order valence-electron chi connectivity index (χ4n) is 4.99. The van der Waals surface area contributed by atoms with Crippen LogP contribution in [0.25, 0.3) is 22.2 Å². The summed E-state index contributed by atoms with van der Waals surface area (Å²) in [5.41, 5.74) is 0.896. The Morgan fingerprint density at radius 1 is 1.09 bits per heavy atom. The van der Waals surface area contributed by atoms with Gasteiger partial charge in [0.25, 0.3) is 5.56 Å². The fourth-order valence-corrected chi connectivity index (χ4v) is 5.15. The average molecular weight is 456 g/mol. The molecule has 1 atom stereocenters. The van der Waals surface area contributed by atoms with Gasteiger partial charge in [-0.2, -0.15) is 0 Å². The maximum atomic E-state index is 14.9. The molecule has 5 rings (SSSR count). The molecule has 2 saturated heterocycles. The van der Waals surface area contributed by atoms with Crippen molar-refractivity contribution in [1.82, 2.24) is 19.4 Å². The minimum atomic E-state index is -0.500. The van der Waals surface area contributed by atoms with E-state index >= 15 is 0 Å². The van der Waals surface area contributed by atoms with E-state index in [0.717, 1.165) is 38.4 Å². The number of aryl methyl sites for hydroxylation is 1. The molecule has 2 aromatic heterocycles. The lowest BCUT2D eigenvalue weighted by molar-refractivity contribution is 0.215. The van der Waals surface area contributed by atoms with Gasteiger partial charge in [0, 0.05) is 42.8 Å². The molecule has 0 spiro atoms. The van der Waals surface area contributed by atoms with Gasteiger partial charge in [-0.25, -0.2) is 14.4 Å². The van der Waals surface area contributed by atoms with Gasteiger partial charge in [0.15, 0.2) is 0 Å². The van der Waals surface area contributed by atoms with Gasteiger partial charge in [-0.15, -0.1) is 0 Å². The van der Waals surface area contributed by atoms with Crippen molar-refractivity contribution in [3.8, 4) is 11.3 Å². The highest BCUT2D eigenvalue weighted by Crippen LogP contribution is 2.32. The molecule has 2 aliphatic rings. The van der Waals surface area contributed by atoms with E-state index in [-0.39, 0.29) is 11.1 Å². The van der Waals surface area contributed by atoms with Crippen LogP contribution in [-0.4, -0.2) is 51.7 Å². The summed E-state index contributed by atoms with van der Waals surface area (Å²) in [5.74, 6) is 0.848. The molecule has 32 heavy (non-hydrogen) atoms. The number of likely N-dealkylation sites (tertiary alicyclic amines) is 1. The maximum Gasteiger partial charge on any atom is 0.263 e. The minimum Gasteiger partial charge on any atom is -0.355 e. The summed E-state index contributed by atoms with van der Waals surface area (Å²) in [6.45, 7) is 5.87. The predicted octanol–water partition coefficient (Wildman–Crippen LogP) is 4.16. The summed E-state index contributed by atoms with van der Waals surface area (Å²) in [6, 6.07) is 6.85. The van der Waals surface area contributed by atoms with E-state index in [4.69, 9.17) is 16.6 Å². The molecule has 0 unspecified atom stereocenters. The van der Waals surface area contributed by atoms with E-state index in [1.807, 2.05) is 6.07 Å². The van der Waals surface area contributed by atoms with Crippen molar-refractivity contribution in [3.05, 3.63) is 51.3 Å². The number of anilines is 1. The number of piperidine rings is 1. The summed E-state index contributed by atoms with van der Waals surface area (Å²) in [4.78, 5) is 27.5. The second-order valence-corrected chi connectivity index (χ2v) is 9.29. The van der Waals surface area contributed by atoms with Crippen molar-refractivity contribution >= 4 is 28.3 Å². The third-order valence-corrected chi connectivity index (χ3v) is 7.07. The number of nitrogens with zero attached hydrogens (tertiary/aromatic N) is 5. The predicted molar refractivity (Wildman–Crippen MR) is 126 cm³/mol. The second-order valence-electron chi connectivity index (χ2n) is 8.86. The first-order valence-corrected chi connectivity index (χ1v) is 11.6. The zero-order chi connectivity index (χ0) is 22.4. The van der Waals surface area contributed by atoms with Crippen LogP contribution < -0.4 is 10.5 Å². The van der Waals surface area contributed by atoms with Gasteiger partial charge in [0.05, 0.1) is 16.6 Å². The third-order valence-electron chi connectivity index (χ3n) is 6.84. The first-order chi connectivity index (χ1) is 15.4.